The SMILES string of the molecule is COc1ccc(Sc2cc(C#N)cc(Cl)n2)cc1. The molecule has 3 nitrogen and oxygen atoms in total. The van der Waals surface area contributed by atoms with E-state index in [0.29, 0.717) is 15.7 Å². The number of pyridine rings is 1. The summed E-state index contributed by atoms with van der Waals surface area (Å²) in [5.74, 6) is 0.802. The summed E-state index contributed by atoms with van der Waals surface area (Å²) < 4.78 is 5.09. The van der Waals surface area contributed by atoms with Crippen molar-refractivity contribution >= 4 is 23.4 Å². The van der Waals surface area contributed by atoms with E-state index in [4.69, 9.17) is 21.6 Å². The van der Waals surface area contributed by atoms with Gasteiger partial charge >= 0.3 is 0 Å². The van der Waals surface area contributed by atoms with Crippen LogP contribution in [-0.4, -0.2) is 12.1 Å². The van der Waals surface area contributed by atoms with Gasteiger partial charge in [-0.25, -0.2) is 4.98 Å². The van der Waals surface area contributed by atoms with Crippen LogP contribution in [0.1, 0.15) is 5.56 Å². The highest BCUT2D eigenvalue weighted by atomic mass is 35.5. The summed E-state index contributed by atoms with van der Waals surface area (Å²) in [5, 5.41) is 9.88. The van der Waals surface area contributed by atoms with Crippen LogP contribution in [0.4, 0.5) is 0 Å². The van der Waals surface area contributed by atoms with Crippen molar-refractivity contribution in [1.82, 2.24) is 4.98 Å². The van der Waals surface area contributed by atoms with Crippen molar-refractivity contribution in [1.29, 1.82) is 5.26 Å². The first kappa shape index (κ1) is 12.7. The first-order valence-electron chi connectivity index (χ1n) is 5.11. The Balaban J connectivity index is 2.22. The quantitative estimate of drug-likeness (QED) is 0.801. The summed E-state index contributed by atoms with van der Waals surface area (Å²) in [6.45, 7) is 0. The van der Waals surface area contributed by atoms with Crippen molar-refractivity contribution < 1.29 is 4.74 Å². The number of benzene rings is 1. The molecule has 0 saturated carbocycles. The Morgan fingerprint density at radius 3 is 2.61 bits per heavy atom. The molecule has 0 amide bonds. The second-order valence-corrected chi connectivity index (χ2v) is 4.89. The molecule has 0 saturated heterocycles. The summed E-state index contributed by atoms with van der Waals surface area (Å²) >= 11 is 7.30. The maximum Gasteiger partial charge on any atom is 0.131 e. The first-order chi connectivity index (χ1) is 8.71. The highest BCUT2D eigenvalue weighted by Crippen LogP contribution is 2.29. The molecule has 0 unspecified atom stereocenters. The molecule has 0 atom stereocenters. The molecule has 0 fully saturated rings. The molecular weight excluding hydrogens is 268 g/mol. The van der Waals surface area contributed by atoms with Crippen LogP contribution in [0.25, 0.3) is 0 Å². The van der Waals surface area contributed by atoms with Gasteiger partial charge in [-0.3, -0.25) is 0 Å². The van der Waals surface area contributed by atoms with E-state index in [2.05, 4.69) is 11.1 Å². The Kier molecular flexibility index (Phi) is 4.08. The van der Waals surface area contributed by atoms with Crippen molar-refractivity contribution in [2.75, 3.05) is 7.11 Å². The van der Waals surface area contributed by atoms with Gasteiger partial charge in [-0.15, -0.1) is 0 Å². The van der Waals surface area contributed by atoms with Crippen LogP contribution < -0.4 is 4.74 Å². The van der Waals surface area contributed by atoms with Crippen LogP contribution in [0.15, 0.2) is 46.3 Å². The minimum Gasteiger partial charge on any atom is -0.497 e. The highest BCUT2D eigenvalue weighted by Gasteiger charge is 2.03. The van der Waals surface area contributed by atoms with Crippen molar-refractivity contribution in [3.8, 4) is 11.8 Å². The van der Waals surface area contributed by atoms with Crippen LogP contribution >= 0.6 is 23.4 Å². The smallest absolute Gasteiger partial charge is 0.131 e. The lowest BCUT2D eigenvalue weighted by molar-refractivity contribution is 0.414. The van der Waals surface area contributed by atoms with E-state index in [1.165, 1.54) is 11.8 Å². The van der Waals surface area contributed by atoms with Gasteiger partial charge in [-0.05, 0) is 36.4 Å². The Labute approximate surface area is 114 Å². The van der Waals surface area contributed by atoms with Crippen LogP contribution in [0, 0.1) is 11.3 Å². The largest absolute Gasteiger partial charge is 0.497 e. The van der Waals surface area contributed by atoms with Gasteiger partial charge in [0.05, 0.1) is 18.7 Å². The predicted octanol–water partition coefficient (Wildman–Crippen LogP) is 3.77. The van der Waals surface area contributed by atoms with Gasteiger partial charge in [0, 0.05) is 4.90 Å². The third kappa shape index (κ3) is 3.16. The lowest BCUT2D eigenvalue weighted by atomic mass is 10.3. The molecule has 0 bridgehead atoms. The summed E-state index contributed by atoms with van der Waals surface area (Å²) in [6, 6.07) is 12.9. The molecule has 2 rings (SSSR count). The third-order valence-corrected chi connectivity index (χ3v) is 3.30. The average Bonchev–Trinajstić information content (AvgIpc) is 2.39. The van der Waals surface area contributed by atoms with Gasteiger partial charge < -0.3 is 4.74 Å². The molecule has 18 heavy (non-hydrogen) atoms. The first-order valence-corrected chi connectivity index (χ1v) is 6.30. The molecule has 5 heteroatoms. The summed E-state index contributed by atoms with van der Waals surface area (Å²) in [4.78, 5) is 5.17. The summed E-state index contributed by atoms with van der Waals surface area (Å²) in [6.07, 6.45) is 0. The fraction of sp³-hybridized carbons (Fsp3) is 0.0769. The lowest BCUT2D eigenvalue weighted by Gasteiger charge is -2.03. The van der Waals surface area contributed by atoms with Crippen molar-refractivity contribution in [2.24, 2.45) is 0 Å². The van der Waals surface area contributed by atoms with Crippen molar-refractivity contribution in [3.05, 3.63) is 47.1 Å². The molecule has 1 aromatic carbocycles. The zero-order chi connectivity index (χ0) is 13.0. The average molecular weight is 277 g/mol. The number of methoxy groups -OCH3 is 1. The van der Waals surface area contributed by atoms with E-state index >= 15 is 0 Å². The number of nitriles is 1. The standard InChI is InChI=1S/C13H9ClN2OS/c1-17-10-2-4-11(5-3-10)18-13-7-9(8-15)6-12(14)16-13/h2-7H,1H3. The molecular formula is C13H9ClN2OS. The Hall–Kier alpha value is -1.70. The molecule has 0 aliphatic rings. The fourth-order valence-corrected chi connectivity index (χ4v) is 2.46. The molecule has 0 aliphatic heterocycles. The number of halogens is 1. The predicted molar refractivity (Wildman–Crippen MR) is 71.1 cm³/mol. The van der Waals surface area contributed by atoms with Gasteiger partial charge in [-0.2, -0.15) is 5.26 Å². The van der Waals surface area contributed by atoms with Gasteiger partial charge in [0.2, 0.25) is 0 Å². The van der Waals surface area contributed by atoms with Gasteiger partial charge in [0.15, 0.2) is 0 Å². The Bertz CT molecular complexity index is 593. The number of hydrogen-bond donors (Lipinski definition) is 0. The van der Waals surface area contributed by atoms with Gasteiger partial charge in [-0.1, -0.05) is 23.4 Å². The van der Waals surface area contributed by atoms with Crippen LogP contribution in [0.3, 0.4) is 0 Å². The number of hydrogen-bond acceptors (Lipinski definition) is 4. The molecule has 0 radical (unpaired) electrons. The molecule has 1 heterocycles. The van der Waals surface area contributed by atoms with Crippen LogP contribution in [0.5, 0.6) is 5.75 Å². The number of ether oxygens (including phenoxy) is 1. The molecule has 0 aliphatic carbocycles. The second kappa shape index (κ2) is 5.76. The maximum atomic E-state index is 8.86. The normalized spacial score (nSPS) is 9.83. The topological polar surface area (TPSA) is 45.9 Å². The Morgan fingerprint density at radius 1 is 1.28 bits per heavy atom. The minimum atomic E-state index is 0.324. The van der Waals surface area contributed by atoms with E-state index in [-0.39, 0.29) is 0 Å². The number of rotatable bonds is 3. The van der Waals surface area contributed by atoms with Gasteiger partial charge in [0.1, 0.15) is 15.9 Å². The minimum absolute atomic E-state index is 0.324. The molecule has 90 valence electrons. The molecule has 0 spiro atoms. The molecule has 2 aromatic rings. The zero-order valence-corrected chi connectivity index (χ0v) is 11.1. The van der Waals surface area contributed by atoms with E-state index in [9.17, 15) is 0 Å². The van der Waals surface area contributed by atoms with E-state index in [1.807, 2.05) is 24.3 Å². The zero-order valence-electron chi connectivity index (χ0n) is 9.55. The maximum absolute atomic E-state index is 8.86. The van der Waals surface area contributed by atoms with Crippen LogP contribution in [-0.2, 0) is 0 Å². The molecule has 1 aromatic heterocycles. The lowest BCUT2D eigenvalue weighted by Crippen LogP contribution is -1.85. The van der Waals surface area contributed by atoms with E-state index in [1.54, 1.807) is 19.2 Å². The Morgan fingerprint density at radius 2 is 2.00 bits per heavy atom. The second-order valence-electron chi connectivity index (χ2n) is 3.41. The van der Waals surface area contributed by atoms with Crippen LogP contribution in [0.2, 0.25) is 5.15 Å². The number of nitrogens with zero attached hydrogens (tertiary/aromatic N) is 2. The van der Waals surface area contributed by atoms with Crippen molar-refractivity contribution in [2.45, 2.75) is 9.92 Å². The monoisotopic (exact) mass is 276 g/mol. The fourth-order valence-electron chi connectivity index (χ4n) is 1.35. The summed E-state index contributed by atoms with van der Waals surface area (Å²) in [7, 11) is 1.62. The van der Waals surface area contributed by atoms with Crippen molar-refractivity contribution in [3.63, 3.8) is 0 Å². The number of aromatic nitrogens is 1. The van der Waals surface area contributed by atoms with Gasteiger partial charge in [0.25, 0.3) is 0 Å². The molecule has 0 N–H and O–H groups in total. The van der Waals surface area contributed by atoms with E-state index < -0.39 is 0 Å². The third-order valence-electron chi connectivity index (χ3n) is 2.18. The summed E-state index contributed by atoms with van der Waals surface area (Å²) in [5.41, 5.74) is 0.506. The van der Waals surface area contributed by atoms with E-state index in [0.717, 1.165) is 10.6 Å². The highest BCUT2D eigenvalue weighted by molar-refractivity contribution is 7.99.